The number of aromatic nitrogens is 1. The molecule has 1 aliphatic heterocycles. The molecule has 4 rings (SSSR count). The Kier molecular flexibility index (Phi) is 6.31. The minimum atomic E-state index is -1.14. The van der Waals surface area contributed by atoms with Crippen LogP contribution in [0.5, 0.6) is 0 Å². The minimum absolute atomic E-state index is 0.00851. The highest BCUT2D eigenvalue weighted by molar-refractivity contribution is 8.13. The Bertz CT molecular complexity index is 1040. The third-order valence-corrected chi connectivity index (χ3v) is 5.68. The number of hydrogen-bond donors (Lipinski definition) is 1. The van der Waals surface area contributed by atoms with E-state index in [1.165, 1.54) is 24.8 Å². The van der Waals surface area contributed by atoms with Gasteiger partial charge in [0, 0.05) is 24.3 Å². The smallest absolute Gasteiger partial charge is 0.207 e. The predicted molar refractivity (Wildman–Crippen MR) is 109 cm³/mol. The van der Waals surface area contributed by atoms with E-state index in [0.717, 1.165) is 5.56 Å². The molecular weight excluding hydrogens is 414 g/mol. The summed E-state index contributed by atoms with van der Waals surface area (Å²) in [5.41, 5.74) is 0.744. The second-order valence-electron chi connectivity index (χ2n) is 6.91. The van der Waals surface area contributed by atoms with Crippen molar-refractivity contribution in [2.24, 2.45) is 0 Å². The highest BCUT2D eigenvalue weighted by Crippen LogP contribution is 2.35. The lowest BCUT2D eigenvalue weighted by Crippen LogP contribution is -2.26. The standard InChI is InChI=1S/C21H20F2N2O4S/c1-12(26)30-11-14(9-13-5-3-2-4-6-13)24-20-16-10-15(21-27-7-8-28-21)17(22)18(23)19(16)29-25-20/h2-6,10,14,21H,7-9,11H2,1H3,(H,24,25)/t14-/m0/s1. The van der Waals surface area contributed by atoms with Crippen molar-refractivity contribution >= 4 is 33.7 Å². The SMILES string of the molecule is CC(=O)SC[C@H](Cc1ccccc1)Nc1noc2c(F)c(F)c(C3OCCO3)cc12. The van der Waals surface area contributed by atoms with Gasteiger partial charge < -0.3 is 19.3 Å². The van der Waals surface area contributed by atoms with Crippen LogP contribution in [0.25, 0.3) is 11.0 Å². The van der Waals surface area contributed by atoms with E-state index in [9.17, 15) is 13.6 Å². The number of fused-ring (bicyclic) bond motifs is 1. The summed E-state index contributed by atoms with van der Waals surface area (Å²) < 4.78 is 44.8. The maximum Gasteiger partial charge on any atom is 0.207 e. The van der Waals surface area contributed by atoms with Gasteiger partial charge in [0.25, 0.3) is 0 Å². The van der Waals surface area contributed by atoms with Crippen molar-refractivity contribution < 1.29 is 27.6 Å². The van der Waals surface area contributed by atoms with E-state index < -0.39 is 17.9 Å². The molecule has 9 heteroatoms. The number of ether oxygens (including phenoxy) is 2. The molecule has 30 heavy (non-hydrogen) atoms. The van der Waals surface area contributed by atoms with Crippen LogP contribution >= 0.6 is 11.8 Å². The Morgan fingerprint density at radius 2 is 1.97 bits per heavy atom. The average Bonchev–Trinajstić information content (AvgIpc) is 3.40. The first kappa shape index (κ1) is 20.8. The zero-order valence-corrected chi connectivity index (χ0v) is 17.0. The van der Waals surface area contributed by atoms with Crippen LogP contribution in [-0.2, 0) is 20.7 Å². The number of nitrogens with zero attached hydrogens (tertiary/aromatic N) is 1. The Morgan fingerprint density at radius 1 is 1.23 bits per heavy atom. The Labute approximate surface area is 175 Å². The summed E-state index contributed by atoms with van der Waals surface area (Å²) in [6, 6.07) is 11.0. The molecule has 0 radical (unpaired) electrons. The molecule has 1 N–H and O–H groups in total. The van der Waals surface area contributed by atoms with Crippen molar-refractivity contribution in [2.75, 3.05) is 24.3 Å². The van der Waals surface area contributed by atoms with E-state index in [0.29, 0.717) is 25.4 Å². The Balaban J connectivity index is 1.64. The fourth-order valence-corrected chi connectivity index (χ4v) is 3.95. The third kappa shape index (κ3) is 4.48. The van der Waals surface area contributed by atoms with E-state index in [2.05, 4.69) is 10.5 Å². The van der Waals surface area contributed by atoms with Crippen molar-refractivity contribution in [3.05, 3.63) is 59.2 Å². The molecular formula is C21H20F2N2O4S. The van der Waals surface area contributed by atoms with E-state index in [-0.39, 0.29) is 33.5 Å². The maximum absolute atomic E-state index is 14.6. The first-order chi connectivity index (χ1) is 14.5. The average molecular weight is 434 g/mol. The van der Waals surface area contributed by atoms with E-state index in [4.69, 9.17) is 14.0 Å². The summed E-state index contributed by atoms with van der Waals surface area (Å²) in [5.74, 6) is -1.47. The highest BCUT2D eigenvalue weighted by Gasteiger charge is 2.28. The van der Waals surface area contributed by atoms with Crippen molar-refractivity contribution in [2.45, 2.75) is 25.7 Å². The maximum atomic E-state index is 14.6. The molecule has 1 aromatic heterocycles. The number of nitrogens with one attached hydrogen (secondary N) is 1. The summed E-state index contributed by atoms with van der Waals surface area (Å²) >= 11 is 1.18. The van der Waals surface area contributed by atoms with Gasteiger partial charge in [-0.05, 0) is 18.1 Å². The quantitative estimate of drug-likeness (QED) is 0.589. The molecule has 158 valence electrons. The van der Waals surface area contributed by atoms with E-state index in [1.54, 1.807) is 0 Å². The first-order valence-electron chi connectivity index (χ1n) is 9.47. The lowest BCUT2D eigenvalue weighted by Gasteiger charge is -2.18. The zero-order valence-electron chi connectivity index (χ0n) is 16.2. The number of hydrogen-bond acceptors (Lipinski definition) is 7. The van der Waals surface area contributed by atoms with Crippen LogP contribution in [0.2, 0.25) is 0 Å². The molecule has 2 aromatic carbocycles. The van der Waals surface area contributed by atoms with Gasteiger partial charge >= 0.3 is 0 Å². The topological polar surface area (TPSA) is 73.6 Å². The van der Waals surface area contributed by atoms with Gasteiger partial charge in [0.05, 0.1) is 18.6 Å². The third-order valence-electron chi connectivity index (χ3n) is 4.70. The Morgan fingerprint density at radius 3 is 2.67 bits per heavy atom. The number of anilines is 1. The fraction of sp³-hybridized carbons (Fsp3) is 0.333. The summed E-state index contributed by atoms with van der Waals surface area (Å²) in [6.07, 6.45) is -0.360. The van der Waals surface area contributed by atoms with Gasteiger partial charge in [-0.15, -0.1) is 0 Å². The lowest BCUT2D eigenvalue weighted by molar-refractivity contribution is -0.109. The van der Waals surface area contributed by atoms with Gasteiger partial charge in [-0.25, -0.2) is 4.39 Å². The second-order valence-corrected chi connectivity index (χ2v) is 8.11. The van der Waals surface area contributed by atoms with Gasteiger partial charge in [-0.3, -0.25) is 4.79 Å². The molecule has 1 aliphatic rings. The van der Waals surface area contributed by atoms with Crippen LogP contribution in [0, 0.1) is 11.6 Å². The summed E-state index contributed by atoms with van der Waals surface area (Å²) in [7, 11) is 0. The number of rotatable bonds is 7. The molecule has 1 saturated heterocycles. The molecule has 0 amide bonds. The number of carbonyl (C=O) groups is 1. The van der Waals surface area contributed by atoms with Crippen LogP contribution in [0.1, 0.15) is 24.3 Å². The normalized spacial score (nSPS) is 15.6. The second kappa shape index (κ2) is 9.11. The van der Waals surface area contributed by atoms with Crippen molar-refractivity contribution in [3.63, 3.8) is 0 Å². The first-order valence-corrected chi connectivity index (χ1v) is 10.5. The molecule has 6 nitrogen and oxygen atoms in total. The fourth-order valence-electron chi connectivity index (χ4n) is 3.31. The van der Waals surface area contributed by atoms with Crippen molar-refractivity contribution in [1.29, 1.82) is 0 Å². The molecule has 0 unspecified atom stereocenters. The zero-order chi connectivity index (χ0) is 21.1. The number of thioether (sulfide) groups is 1. The molecule has 2 heterocycles. The van der Waals surface area contributed by atoms with Crippen LogP contribution in [0.3, 0.4) is 0 Å². The molecule has 0 spiro atoms. The summed E-state index contributed by atoms with van der Waals surface area (Å²) in [4.78, 5) is 11.5. The van der Waals surface area contributed by atoms with Gasteiger partial charge in [0.2, 0.25) is 11.4 Å². The van der Waals surface area contributed by atoms with Crippen LogP contribution < -0.4 is 5.32 Å². The van der Waals surface area contributed by atoms with Crippen molar-refractivity contribution in [1.82, 2.24) is 5.16 Å². The van der Waals surface area contributed by atoms with E-state index >= 15 is 0 Å². The highest BCUT2D eigenvalue weighted by atomic mass is 32.2. The van der Waals surface area contributed by atoms with Crippen LogP contribution in [0.4, 0.5) is 14.6 Å². The molecule has 0 bridgehead atoms. The molecule has 1 fully saturated rings. The van der Waals surface area contributed by atoms with Gasteiger partial charge in [-0.1, -0.05) is 47.3 Å². The lowest BCUT2D eigenvalue weighted by atomic mass is 10.1. The molecule has 3 aromatic rings. The number of benzene rings is 2. The molecule has 0 aliphatic carbocycles. The minimum Gasteiger partial charge on any atom is -0.363 e. The van der Waals surface area contributed by atoms with Gasteiger partial charge in [-0.2, -0.15) is 4.39 Å². The Hall–Kier alpha value is -2.49. The largest absolute Gasteiger partial charge is 0.363 e. The number of halogens is 2. The van der Waals surface area contributed by atoms with E-state index in [1.807, 2.05) is 30.3 Å². The van der Waals surface area contributed by atoms with Gasteiger partial charge in [0.1, 0.15) is 0 Å². The molecule has 0 saturated carbocycles. The number of carbonyl (C=O) groups excluding carboxylic acids is 1. The monoisotopic (exact) mass is 434 g/mol. The summed E-state index contributed by atoms with van der Waals surface area (Å²) in [5, 5.41) is 7.40. The predicted octanol–water partition coefficient (Wildman–Crippen LogP) is 4.45. The van der Waals surface area contributed by atoms with Crippen LogP contribution in [0.15, 0.2) is 40.9 Å². The summed E-state index contributed by atoms with van der Waals surface area (Å²) in [6.45, 7) is 2.11. The van der Waals surface area contributed by atoms with Crippen LogP contribution in [-0.4, -0.2) is 35.3 Å². The van der Waals surface area contributed by atoms with Gasteiger partial charge in [0.15, 0.2) is 23.0 Å². The molecule has 1 atom stereocenters. The van der Waals surface area contributed by atoms with Crippen molar-refractivity contribution in [3.8, 4) is 0 Å².